The third-order valence-electron chi connectivity index (χ3n) is 5.58. The Hall–Kier alpha value is -2.74. The van der Waals surface area contributed by atoms with Gasteiger partial charge < -0.3 is 14.7 Å². The summed E-state index contributed by atoms with van der Waals surface area (Å²) in [6, 6.07) is 11.2. The van der Waals surface area contributed by atoms with Gasteiger partial charge in [0.25, 0.3) is 11.7 Å². The van der Waals surface area contributed by atoms with Crippen molar-refractivity contribution in [1.82, 2.24) is 9.80 Å². The van der Waals surface area contributed by atoms with Gasteiger partial charge in [-0.2, -0.15) is 0 Å². The van der Waals surface area contributed by atoms with E-state index >= 15 is 0 Å². The lowest BCUT2D eigenvalue weighted by Gasteiger charge is -2.31. The van der Waals surface area contributed by atoms with Crippen LogP contribution in [0.25, 0.3) is 5.76 Å². The highest BCUT2D eigenvalue weighted by molar-refractivity contribution is 6.46. The summed E-state index contributed by atoms with van der Waals surface area (Å²) in [6.07, 6.45) is 0. The molecule has 1 atom stereocenters. The molecule has 0 aromatic heterocycles. The number of morpholine rings is 1. The van der Waals surface area contributed by atoms with Crippen molar-refractivity contribution in [3.05, 3.63) is 76.1 Å². The highest BCUT2D eigenvalue weighted by Crippen LogP contribution is 2.39. The van der Waals surface area contributed by atoms with Crippen LogP contribution in [0.1, 0.15) is 17.2 Å². The molecule has 31 heavy (non-hydrogen) atoms. The van der Waals surface area contributed by atoms with E-state index in [0.29, 0.717) is 35.9 Å². The first-order valence-corrected chi connectivity index (χ1v) is 10.4. The molecule has 0 bridgehead atoms. The summed E-state index contributed by atoms with van der Waals surface area (Å²) in [5.74, 6) is -2.29. The van der Waals surface area contributed by atoms with Crippen LogP contribution in [0, 0.1) is 5.82 Å². The lowest BCUT2D eigenvalue weighted by Crippen LogP contribution is -2.42. The molecule has 2 aliphatic rings. The van der Waals surface area contributed by atoms with E-state index in [0.717, 1.165) is 13.1 Å². The van der Waals surface area contributed by atoms with Gasteiger partial charge in [-0.15, -0.1) is 0 Å². The summed E-state index contributed by atoms with van der Waals surface area (Å²) in [5.41, 5.74) is 0.730. The molecule has 1 N–H and O–H groups in total. The minimum Gasteiger partial charge on any atom is -0.507 e. The molecule has 162 valence electrons. The van der Waals surface area contributed by atoms with Gasteiger partial charge in [0, 0.05) is 36.8 Å². The van der Waals surface area contributed by atoms with Gasteiger partial charge in [0.15, 0.2) is 0 Å². The fourth-order valence-corrected chi connectivity index (χ4v) is 4.10. The van der Waals surface area contributed by atoms with Crippen molar-refractivity contribution >= 4 is 29.1 Å². The smallest absolute Gasteiger partial charge is 0.295 e. The fourth-order valence-electron chi connectivity index (χ4n) is 3.97. The molecule has 2 aliphatic heterocycles. The number of hydrogen-bond donors (Lipinski definition) is 1. The van der Waals surface area contributed by atoms with Crippen molar-refractivity contribution in [2.75, 3.05) is 39.4 Å². The minimum absolute atomic E-state index is 0.0556. The van der Waals surface area contributed by atoms with Gasteiger partial charge >= 0.3 is 0 Å². The molecule has 2 saturated heterocycles. The van der Waals surface area contributed by atoms with E-state index in [4.69, 9.17) is 16.3 Å². The number of hydrogen-bond acceptors (Lipinski definition) is 5. The number of Topliss-reactive ketones (excluding diaryl/α,β-unsaturated/α-hetero) is 1. The molecule has 2 aromatic carbocycles. The number of carbonyl (C=O) groups is 2. The van der Waals surface area contributed by atoms with Crippen molar-refractivity contribution in [3.63, 3.8) is 0 Å². The predicted molar refractivity (Wildman–Crippen MR) is 114 cm³/mol. The van der Waals surface area contributed by atoms with E-state index in [1.807, 2.05) is 0 Å². The Morgan fingerprint density at radius 1 is 1.10 bits per heavy atom. The van der Waals surface area contributed by atoms with Gasteiger partial charge in [-0.05, 0) is 42.0 Å². The fraction of sp³-hybridized carbons (Fsp3) is 0.304. The first-order chi connectivity index (χ1) is 15.0. The normalized spacial score (nSPS) is 21.6. The average Bonchev–Trinajstić information content (AvgIpc) is 3.03. The lowest BCUT2D eigenvalue weighted by atomic mass is 9.95. The number of likely N-dealkylation sites (tertiary alicyclic amines) is 1. The van der Waals surface area contributed by atoms with E-state index in [2.05, 4.69) is 4.90 Å². The predicted octanol–water partition coefficient (Wildman–Crippen LogP) is 3.23. The van der Waals surface area contributed by atoms with Crippen LogP contribution in [0.5, 0.6) is 0 Å². The number of ketones is 1. The van der Waals surface area contributed by atoms with E-state index in [1.165, 1.54) is 23.1 Å². The van der Waals surface area contributed by atoms with Crippen LogP contribution in [0.4, 0.5) is 4.39 Å². The zero-order valence-electron chi connectivity index (χ0n) is 16.8. The number of aliphatic hydroxyl groups excluding tert-OH is 1. The number of amides is 1. The van der Waals surface area contributed by atoms with Crippen molar-refractivity contribution < 1.29 is 23.8 Å². The number of halogens is 2. The van der Waals surface area contributed by atoms with Crippen LogP contribution in [0.15, 0.2) is 54.1 Å². The lowest BCUT2D eigenvalue weighted by molar-refractivity contribution is -0.140. The summed E-state index contributed by atoms with van der Waals surface area (Å²) >= 11 is 5.93. The maximum absolute atomic E-state index is 14.0. The number of benzene rings is 2. The van der Waals surface area contributed by atoms with Crippen molar-refractivity contribution in [1.29, 1.82) is 0 Å². The van der Waals surface area contributed by atoms with Gasteiger partial charge in [0.2, 0.25) is 0 Å². The molecule has 2 fully saturated rings. The van der Waals surface area contributed by atoms with Crippen LogP contribution in [0.2, 0.25) is 5.02 Å². The molecule has 2 aromatic rings. The molecule has 0 aliphatic carbocycles. The number of nitrogens with zero attached hydrogens (tertiary/aromatic N) is 2. The van der Waals surface area contributed by atoms with E-state index in [9.17, 15) is 19.1 Å². The van der Waals surface area contributed by atoms with Crippen LogP contribution >= 0.6 is 11.6 Å². The highest BCUT2D eigenvalue weighted by Gasteiger charge is 2.46. The first-order valence-electron chi connectivity index (χ1n) is 10.1. The van der Waals surface area contributed by atoms with E-state index in [1.54, 1.807) is 30.3 Å². The molecule has 8 heteroatoms. The molecular weight excluding hydrogens is 423 g/mol. The maximum Gasteiger partial charge on any atom is 0.295 e. The Kier molecular flexibility index (Phi) is 6.36. The van der Waals surface area contributed by atoms with Gasteiger partial charge in [0.05, 0.1) is 24.8 Å². The topological polar surface area (TPSA) is 70.1 Å². The Morgan fingerprint density at radius 3 is 2.48 bits per heavy atom. The molecule has 4 rings (SSSR count). The second-order valence-electron chi connectivity index (χ2n) is 7.51. The van der Waals surface area contributed by atoms with Crippen LogP contribution in [0.3, 0.4) is 0 Å². The zero-order valence-corrected chi connectivity index (χ0v) is 17.5. The summed E-state index contributed by atoms with van der Waals surface area (Å²) in [5, 5.41) is 11.4. The number of aliphatic hydroxyl groups is 1. The number of carbonyl (C=O) groups excluding carboxylic acids is 2. The van der Waals surface area contributed by atoms with Crippen LogP contribution in [-0.2, 0) is 14.3 Å². The Morgan fingerprint density at radius 2 is 1.81 bits per heavy atom. The Bertz CT molecular complexity index is 1020. The third kappa shape index (κ3) is 4.49. The monoisotopic (exact) mass is 444 g/mol. The third-order valence-corrected chi connectivity index (χ3v) is 5.83. The molecule has 1 amide bonds. The van der Waals surface area contributed by atoms with E-state index < -0.39 is 23.5 Å². The van der Waals surface area contributed by atoms with Crippen molar-refractivity contribution in [2.45, 2.75) is 6.04 Å². The molecule has 6 nitrogen and oxygen atoms in total. The summed E-state index contributed by atoms with van der Waals surface area (Å²) in [7, 11) is 0. The average molecular weight is 445 g/mol. The Labute approximate surface area is 184 Å². The van der Waals surface area contributed by atoms with E-state index in [-0.39, 0.29) is 17.9 Å². The standard InChI is InChI=1S/C23H22ClFN2O4/c24-17-6-4-15(5-7-17)21(28)19-20(16-2-1-3-18(25)14-16)27(23(30)22(19)29)9-8-26-10-12-31-13-11-26/h1-7,14,20,28H,8-13H2/t20-/m1/s1. The first kappa shape index (κ1) is 21.5. The van der Waals surface area contributed by atoms with Crippen molar-refractivity contribution in [2.24, 2.45) is 0 Å². The molecule has 0 saturated carbocycles. The summed E-state index contributed by atoms with van der Waals surface area (Å²) in [6.45, 7) is 3.51. The van der Waals surface area contributed by atoms with Crippen molar-refractivity contribution in [3.8, 4) is 0 Å². The van der Waals surface area contributed by atoms with Gasteiger partial charge in [0.1, 0.15) is 11.6 Å². The number of ether oxygens (including phenoxy) is 1. The largest absolute Gasteiger partial charge is 0.507 e. The second kappa shape index (κ2) is 9.18. The van der Waals surface area contributed by atoms with Crippen LogP contribution < -0.4 is 0 Å². The highest BCUT2D eigenvalue weighted by atomic mass is 35.5. The van der Waals surface area contributed by atoms with Gasteiger partial charge in [-0.3, -0.25) is 14.5 Å². The molecule has 2 heterocycles. The second-order valence-corrected chi connectivity index (χ2v) is 7.94. The number of rotatable bonds is 5. The maximum atomic E-state index is 14.0. The van der Waals surface area contributed by atoms with Crippen LogP contribution in [-0.4, -0.2) is 66.0 Å². The molecule has 0 spiro atoms. The minimum atomic E-state index is -0.882. The molecular formula is C23H22ClFN2O4. The quantitative estimate of drug-likeness (QED) is 0.435. The SMILES string of the molecule is O=C1C(=O)N(CCN2CCOCC2)[C@H](c2cccc(F)c2)C1=C(O)c1ccc(Cl)cc1. The Balaban J connectivity index is 1.73. The molecule has 0 unspecified atom stereocenters. The summed E-state index contributed by atoms with van der Waals surface area (Å²) < 4.78 is 19.4. The van der Waals surface area contributed by atoms with Gasteiger partial charge in [-0.25, -0.2) is 4.39 Å². The zero-order chi connectivity index (χ0) is 22.0. The summed E-state index contributed by atoms with van der Waals surface area (Å²) in [4.78, 5) is 29.4. The molecule has 0 radical (unpaired) electrons. The van der Waals surface area contributed by atoms with Gasteiger partial charge in [-0.1, -0.05) is 23.7 Å².